The molecule has 0 radical (unpaired) electrons. The van der Waals surface area contributed by atoms with Crippen molar-refractivity contribution in [2.45, 2.75) is 6.42 Å². The first-order valence-corrected chi connectivity index (χ1v) is 11.5. The Bertz CT molecular complexity index is 766. The van der Waals surface area contributed by atoms with Crippen molar-refractivity contribution in [3.63, 3.8) is 0 Å². The van der Waals surface area contributed by atoms with Crippen molar-refractivity contribution < 1.29 is 23.7 Å². The van der Waals surface area contributed by atoms with E-state index in [0.717, 1.165) is 50.6 Å². The number of hydrogen-bond acceptors (Lipinski definition) is 8. The van der Waals surface area contributed by atoms with Crippen molar-refractivity contribution in [2.75, 3.05) is 84.3 Å². The number of anilines is 1. The van der Waals surface area contributed by atoms with Gasteiger partial charge in [0, 0.05) is 38.8 Å². The van der Waals surface area contributed by atoms with Crippen LogP contribution in [0.2, 0.25) is 0 Å². The zero-order valence-corrected chi connectivity index (χ0v) is 19.1. The highest BCUT2D eigenvalue weighted by atomic mass is 16.6. The van der Waals surface area contributed by atoms with Gasteiger partial charge in [-0.25, -0.2) is 0 Å². The second-order valence-electron chi connectivity index (χ2n) is 7.62. The fraction of sp³-hybridized carbons (Fsp3) is 0.565. The maximum atomic E-state index is 12.0. The molecule has 1 amide bonds. The summed E-state index contributed by atoms with van der Waals surface area (Å²) in [6.45, 7) is 9.23. The van der Waals surface area contributed by atoms with E-state index in [4.69, 9.17) is 18.9 Å². The summed E-state index contributed by atoms with van der Waals surface area (Å²) in [5.41, 5.74) is 0.903. The molecule has 3 N–H and O–H groups in total. The molecule has 0 spiro atoms. The van der Waals surface area contributed by atoms with Gasteiger partial charge >= 0.3 is 0 Å². The molecule has 1 aliphatic rings. The lowest BCUT2D eigenvalue weighted by atomic mass is 10.1. The standard InChI is InChI=1S/C23H35N5O5/c29-23(26-22-5-6-25-27-22)19-20-1-3-21(4-2-20)33-18-17-32-16-15-31-14-13-30-12-11-28-9-7-24-8-10-28/h1-6,24H,7-19H2,(H2,25,26,27,29). The van der Waals surface area contributed by atoms with Crippen LogP contribution in [0.1, 0.15) is 5.56 Å². The molecule has 3 rings (SSSR count). The van der Waals surface area contributed by atoms with Gasteiger partial charge in [-0.2, -0.15) is 5.10 Å². The summed E-state index contributed by atoms with van der Waals surface area (Å²) >= 11 is 0. The van der Waals surface area contributed by atoms with E-state index in [1.807, 2.05) is 24.3 Å². The van der Waals surface area contributed by atoms with Gasteiger partial charge in [0.05, 0.1) is 52.3 Å². The fourth-order valence-electron chi connectivity index (χ4n) is 3.30. The van der Waals surface area contributed by atoms with Gasteiger partial charge in [-0.3, -0.25) is 14.8 Å². The molecule has 1 aromatic carbocycles. The SMILES string of the molecule is O=C(Cc1ccc(OCCOCCOCCOCCN2CCNCC2)cc1)Nc1ccn[nH]1. The topological polar surface area (TPSA) is 110 Å². The van der Waals surface area contributed by atoms with Gasteiger partial charge in [0.1, 0.15) is 18.2 Å². The zero-order valence-electron chi connectivity index (χ0n) is 19.1. The second-order valence-corrected chi connectivity index (χ2v) is 7.62. The normalized spacial score (nSPS) is 14.3. The number of rotatable bonds is 16. The number of benzene rings is 1. The third kappa shape index (κ3) is 10.8. The summed E-state index contributed by atoms with van der Waals surface area (Å²) in [6.07, 6.45) is 1.87. The van der Waals surface area contributed by atoms with Gasteiger partial charge in [0.2, 0.25) is 5.91 Å². The number of piperazine rings is 1. The maximum absolute atomic E-state index is 12.0. The minimum absolute atomic E-state index is 0.106. The lowest BCUT2D eigenvalue weighted by Crippen LogP contribution is -2.44. The lowest BCUT2D eigenvalue weighted by Gasteiger charge is -2.26. The molecule has 33 heavy (non-hydrogen) atoms. The highest BCUT2D eigenvalue weighted by molar-refractivity contribution is 5.91. The van der Waals surface area contributed by atoms with E-state index >= 15 is 0 Å². The summed E-state index contributed by atoms with van der Waals surface area (Å²) in [5, 5.41) is 12.6. The van der Waals surface area contributed by atoms with E-state index in [1.165, 1.54) is 0 Å². The van der Waals surface area contributed by atoms with Gasteiger partial charge in [-0.15, -0.1) is 0 Å². The van der Waals surface area contributed by atoms with Crippen molar-refractivity contribution in [3.8, 4) is 5.75 Å². The van der Waals surface area contributed by atoms with Crippen LogP contribution in [0.5, 0.6) is 5.75 Å². The largest absolute Gasteiger partial charge is 0.491 e. The highest BCUT2D eigenvalue weighted by Crippen LogP contribution is 2.13. The first-order valence-electron chi connectivity index (χ1n) is 11.5. The molecular weight excluding hydrogens is 426 g/mol. The molecule has 1 saturated heterocycles. The van der Waals surface area contributed by atoms with Crippen molar-refractivity contribution in [1.29, 1.82) is 0 Å². The predicted octanol–water partition coefficient (Wildman–Crippen LogP) is 0.925. The number of hydrogen-bond donors (Lipinski definition) is 3. The molecule has 0 saturated carbocycles. The number of aromatic nitrogens is 2. The van der Waals surface area contributed by atoms with E-state index in [0.29, 0.717) is 45.5 Å². The Balaban J connectivity index is 1.12. The first kappa shape index (κ1) is 25.1. The molecule has 2 heterocycles. The van der Waals surface area contributed by atoms with Gasteiger partial charge < -0.3 is 29.6 Å². The lowest BCUT2D eigenvalue weighted by molar-refractivity contribution is -0.115. The molecule has 1 aromatic heterocycles. The van der Waals surface area contributed by atoms with Crippen LogP contribution >= 0.6 is 0 Å². The minimum Gasteiger partial charge on any atom is -0.491 e. The van der Waals surface area contributed by atoms with Crippen molar-refractivity contribution in [1.82, 2.24) is 20.4 Å². The molecular formula is C23H35N5O5. The third-order valence-electron chi connectivity index (χ3n) is 5.06. The molecule has 182 valence electrons. The fourth-order valence-corrected chi connectivity index (χ4v) is 3.30. The Morgan fingerprint density at radius 2 is 1.58 bits per heavy atom. The second kappa shape index (κ2) is 15.4. The number of nitrogens with one attached hydrogen (secondary N) is 3. The quantitative estimate of drug-likeness (QED) is 0.317. The smallest absolute Gasteiger partial charge is 0.229 e. The zero-order chi connectivity index (χ0) is 23.0. The number of H-pyrrole nitrogens is 1. The third-order valence-corrected chi connectivity index (χ3v) is 5.06. The molecule has 1 aliphatic heterocycles. The summed E-state index contributed by atoms with van der Waals surface area (Å²) in [6, 6.07) is 9.16. The van der Waals surface area contributed by atoms with E-state index in [1.54, 1.807) is 12.3 Å². The van der Waals surface area contributed by atoms with Crippen LogP contribution in [-0.2, 0) is 25.4 Å². The maximum Gasteiger partial charge on any atom is 0.229 e. The average molecular weight is 462 g/mol. The van der Waals surface area contributed by atoms with Crippen molar-refractivity contribution in [3.05, 3.63) is 42.1 Å². The van der Waals surface area contributed by atoms with Gasteiger partial charge in [0.25, 0.3) is 0 Å². The Morgan fingerprint density at radius 3 is 2.24 bits per heavy atom. The number of amides is 1. The Kier molecular flexibility index (Phi) is 11.7. The van der Waals surface area contributed by atoms with Crippen LogP contribution in [0.25, 0.3) is 0 Å². The minimum atomic E-state index is -0.106. The summed E-state index contributed by atoms with van der Waals surface area (Å²) in [5.74, 6) is 1.22. The van der Waals surface area contributed by atoms with Crippen LogP contribution in [0.3, 0.4) is 0 Å². The van der Waals surface area contributed by atoms with Crippen LogP contribution in [0.15, 0.2) is 36.5 Å². The van der Waals surface area contributed by atoms with E-state index in [2.05, 4.69) is 25.7 Å². The summed E-state index contributed by atoms with van der Waals surface area (Å²) in [4.78, 5) is 14.4. The van der Waals surface area contributed by atoms with Gasteiger partial charge in [0.15, 0.2) is 0 Å². The first-order chi connectivity index (χ1) is 16.3. The molecule has 0 unspecified atom stereocenters. The summed E-state index contributed by atoms with van der Waals surface area (Å²) in [7, 11) is 0. The molecule has 0 aliphatic carbocycles. The van der Waals surface area contributed by atoms with Crippen molar-refractivity contribution in [2.24, 2.45) is 0 Å². The Morgan fingerprint density at radius 1 is 0.909 bits per heavy atom. The molecule has 10 nitrogen and oxygen atoms in total. The number of carbonyl (C=O) groups is 1. The van der Waals surface area contributed by atoms with Gasteiger partial charge in [-0.05, 0) is 17.7 Å². The average Bonchev–Trinajstić information content (AvgIpc) is 3.34. The Hall–Kier alpha value is -2.50. The molecule has 0 atom stereocenters. The number of carbonyl (C=O) groups excluding carboxylic acids is 1. The summed E-state index contributed by atoms with van der Waals surface area (Å²) < 4.78 is 22.3. The molecule has 2 aromatic rings. The monoisotopic (exact) mass is 461 g/mol. The molecule has 1 fully saturated rings. The van der Waals surface area contributed by atoms with Gasteiger partial charge in [-0.1, -0.05) is 12.1 Å². The Labute approximate surface area is 194 Å². The predicted molar refractivity (Wildman–Crippen MR) is 125 cm³/mol. The number of aromatic amines is 1. The molecule has 0 bridgehead atoms. The van der Waals surface area contributed by atoms with Crippen molar-refractivity contribution >= 4 is 11.7 Å². The van der Waals surface area contributed by atoms with E-state index in [9.17, 15) is 4.79 Å². The van der Waals surface area contributed by atoms with Crippen LogP contribution < -0.4 is 15.4 Å². The highest BCUT2D eigenvalue weighted by Gasteiger charge is 2.08. The van der Waals surface area contributed by atoms with Crippen LogP contribution in [0.4, 0.5) is 5.82 Å². The number of ether oxygens (including phenoxy) is 4. The molecule has 10 heteroatoms. The number of nitrogens with zero attached hydrogens (tertiary/aromatic N) is 2. The van der Waals surface area contributed by atoms with Crippen LogP contribution in [-0.4, -0.2) is 100.0 Å². The van der Waals surface area contributed by atoms with E-state index in [-0.39, 0.29) is 12.3 Å². The van der Waals surface area contributed by atoms with E-state index < -0.39 is 0 Å². The van der Waals surface area contributed by atoms with Crippen LogP contribution in [0, 0.1) is 0 Å².